The summed E-state index contributed by atoms with van der Waals surface area (Å²) in [6.07, 6.45) is 2.72. The number of ketones is 2. The van der Waals surface area contributed by atoms with Crippen molar-refractivity contribution in [3.63, 3.8) is 0 Å². The molecule has 5 rings (SSSR count). The molecule has 3 aliphatic rings. The van der Waals surface area contributed by atoms with Gasteiger partial charge in [0, 0.05) is 29.4 Å². The molecule has 6 atom stereocenters. The molecule has 12 nitrogen and oxygen atoms in total. The van der Waals surface area contributed by atoms with Gasteiger partial charge in [-0.15, -0.1) is 0 Å². The average molecular weight is 523 g/mol. The molecule has 12 heteroatoms. The van der Waals surface area contributed by atoms with Gasteiger partial charge in [-0.05, 0) is 37.7 Å². The summed E-state index contributed by atoms with van der Waals surface area (Å²) in [5.41, 5.74) is 1.96. The van der Waals surface area contributed by atoms with Crippen LogP contribution in [0.5, 0.6) is 5.75 Å². The van der Waals surface area contributed by atoms with E-state index in [4.69, 9.17) is 5.73 Å². The number of aliphatic hydroxyl groups is 4. The van der Waals surface area contributed by atoms with Crippen molar-refractivity contribution in [1.29, 1.82) is 0 Å². The number of aromatic hydroxyl groups is 1. The van der Waals surface area contributed by atoms with Crippen LogP contribution >= 0.6 is 0 Å². The van der Waals surface area contributed by atoms with Gasteiger partial charge in [-0.1, -0.05) is 6.92 Å². The number of nitrogens with zero attached hydrogens (tertiary/aromatic N) is 3. The van der Waals surface area contributed by atoms with Gasteiger partial charge in [-0.25, -0.2) is 0 Å². The Kier molecular flexibility index (Phi) is 5.67. The molecule has 38 heavy (non-hydrogen) atoms. The van der Waals surface area contributed by atoms with Crippen molar-refractivity contribution in [3.8, 4) is 17.0 Å². The number of carbonyl (C=O) groups is 3. The van der Waals surface area contributed by atoms with Crippen LogP contribution in [-0.4, -0.2) is 89.7 Å². The van der Waals surface area contributed by atoms with E-state index < -0.39 is 81.4 Å². The Hall–Kier alpha value is -4.13. The number of phenols is 1. The molecule has 198 valence electrons. The zero-order chi connectivity index (χ0) is 27.8. The largest absolute Gasteiger partial charge is 0.510 e. The standard InChI is InChI=1S/C26H26N4O8/c1-9-13-10(11-8-28-6-7-29-11)4-5-12(31)15(13)20(32)16-14(9)21(33)18-19(30(2)3)22(34)17(25(27)37)24(36)26(18,38)23(16)35/h4-9,14,18-19,21,31,33-35,38H,1-3H3,(H2,27,37)/t9-,14+,18+,19+,21-,26-/m0/s1. The average Bonchev–Trinajstić information content (AvgIpc) is 2.86. The Balaban J connectivity index is 1.82. The van der Waals surface area contributed by atoms with Gasteiger partial charge in [0.2, 0.25) is 5.78 Å². The second kappa shape index (κ2) is 8.45. The summed E-state index contributed by atoms with van der Waals surface area (Å²) in [5.74, 6) is -9.45. The molecule has 0 spiro atoms. The van der Waals surface area contributed by atoms with E-state index in [0.29, 0.717) is 16.8 Å². The van der Waals surface area contributed by atoms with Crippen LogP contribution in [0.15, 0.2) is 53.4 Å². The molecule has 1 aromatic heterocycles. The molecule has 0 aliphatic heterocycles. The summed E-state index contributed by atoms with van der Waals surface area (Å²) < 4.78 is 0. The van der Waals surface area contributed by atoms with Crippen molar-refractivity contribution >= 4 is 17.5 Å². The first-order valence-corrected chi connectivity index (χ1v) is 11.8. The Morgan fingerprint density at radius 2 is 1.82 bits per heavy atom. The number of fused-ring (bicyclic) bond motifs is 3. The van der Waals surface area contributed by atoms with Gasteiger partial charge in [-0.3, -0.25) is 29.3 Å². The normalized spacial score (nSPS) is 30.7. The van der Waals surface area contributed by atoms with Crippen LogP contribution in [0.2, 0.25) is 0 Å². The van der Waals surface area contributed by atoms with E-state index in [-0.39, 0.29) is 5.56 Å². The number of phenolic OH excluding ortho intramolecular Hbond substituents is 1. The number of Topliss-reactive ketones (excluding diaryl/α,β-unsaturated/α-hetero) is 2. The topological polar surface area (TPSA) is 207 Å². The summed E-state index contributed by atoms with van der Waals surface area (Å²) in [6.45, 7) is 1.66. The van der Waals surface area contributed by atoms with Gasteiger partial charge >= 0.3 is 0 Å². The maximum absolute atomic E-state index is 13.9. The first kappa shape index (κ1) is 25.5. The third-order valence-electron chi connectivity index (χ3n) is 7.95. The minimum atomic E-state index is -2.96. The van der Waals surface area contributed by atoms with Crippen LogP contribution in [0.25, 0.3) is 11.3 Å². The number of aliphatic hydroxyl groups excluding tert-OH is 3. The number of hydrogen-bond acceptors (Lipinski definition) is 11. The summed E-state index contributed by atoms with van der Waals surface area (Å²) in [6, 6.07) is 1.51. The van der Waals surface area contributed by atoms with Crippen LogP contribution in [-0.2, 0) is 9.59 Å². The molecule has 1 aromatic carbocycles. The minimum Gasteiger partial charge on any atom is -0.510 e. The highest BCUT2D eigenvalue weighted by atomic mass is 16.4. The molecular weight excluding hydrogens is 496 g/mol. The molecule has 7 N–H and O–H groups in total. The first-order chi connectivity index (χ1) is 17.8. The highest BCUT2D eigenvalue weighted by Gasteiger charge is 2.67. The molecule has 0 radical (unpaired) electrons. The molecule has 0 saturated heterocycles. The number of benzene rings is 1. The third-order valence-corrected chi connectivity index (χ3v) is 7.95. The number of amides is 1. The fourth-order valence-corrected chi connectivity index (χ4v) is 6.37. The van der Waals surface area contributed by atoms with Crippen molar-refractivity contribution in [2.45, 2.75) is 30.6 Å². The zero-order valence-electron chi connectivity index (χ0n) is 20.7. The van der Waals surface area contributed by atoms with E-state index >= 15 is 0 Å². The Morgan fingerprint density at radius 3 is 2.39 bits per heavy atom. The summed E-state index contributed by atoms with van der Waals surface area (Å²) >= 11 is 0. The van der Waals surface area contributed by atoms with Crippen LogP contribution in [0.1, 0.15) is 28.8 Å². The maximum atomic E-state index is 13.9. The van der Waals surface area contributed by atoms with Crippen LogP contribution in [0.3, 0.4) is 0 Å². The summed E-state index contributed by atoms with van der Waals surface area (Å²) in [7, 11) is 2.96. The quantitative estimate of drug-likeness (QED) is 0.298. The Bertz CT molecular complexity index is 1470. The van der Waals surface area contributed by atoms with E-state index in [1.807, 2.05) is 0 Å². The van der Waals surface area contributed by atoms with Crippen molar-refractivity contribution in [1.82, 2.24) is 14.9 Å². The number of hydrogen-bond donors (Lipinski definition) is 6. The number of likely N-dealkylation sites (N-methyl/N-ethyl adjacent to an activating group) is 1. The summed E-state index contributed by atoms with van der Waals surface area (Å²) in [4.78, 5) is 49.1. The SMILES string of the molecule is C[C@H]1c2c(-c3cnccn3)ccc(O)c2C(=O)C2=C(O)[C@]3(O)C(=O)C(C(N)=O)=C(O)[C@H](N(C)C)[C@@H]3[C@@H](O)[C@@H]21. The Morgan fingerprint density at radius 1 is 1.13 bits per heavy atom. The molecule has 0 bridgehead atoms. The highest BCUT2D eigenvalue weighted by molar-refractivity contribution is 6.25. The lowest BCUT2D eigenvalue weighted by molar-refractivity contribution is -0.162. The van der Waals surface area contributed by atoms with Crippen LogP contribution in [0.4, 0.5) is 0 Å². The van der Waals surface area contributed by atoms with Crippen molar-refractivity contribution in [3.05, 3.63) is 64.5 Å². The number of carbonyl (C=O) groups excluding carboxylic acids is 3. The number of primary amides is 1. The van der Waals surface area contributed by atoms with E-state index in [2.05, 4.69) is 9.97 Å². The van der Waals surface area contributed by atoms with E-state index in [9.17, 15) is 39.9 Å². The number of nitrogens with two attached hydrogens (primary N) is 1. The molecule has 0 fully saturated rings. The number of rotatable bonds is 3. The van der Waals surface area contributed by atoms with Gasteiger partial charge in [-0.2, -0.15) is 0 Å². The van der Waals surface area contributed by atoms with E-state index in [1.165, 1.54) is 43.7 Å². The molecule has 0 unspecified atom stereocenters. The predicted octanol–water partition coefficient (Wildman–Crippen LogP) is 0.109. The number of aromatic nitrogens is 2. The summed E-state index contributed by atoms with van der Waals surface area (Å²) in [5, 5.41) is 56.5. The fourth-order valence-electron chi connectivity index (χ4n) is 6.37. The minimum absolute atomic E-state index is 0.186. The van der Waals surface area contributed by atoms with Crippen molar-refractivity contribution < 1.29 is 39.9 Å². The lowest BCUT2D eigenvalue weighted by Crippen LogP contribution is -2.68. The first-order valence-electron chi connectivity index (χ1n) is 11.8. The lowest BCUT2D eigenvalue weighted by Gasteiger charge is -2.53. The molecule has 0 saturated carbocycles. The third kappa shape index (κ3) is 3.11. The second-order valence-corrected chi connectivity index (χ2v) is 10.1. The smallest absolute Gasteiger partial charge is 0.255 e. The van der Waals surface area contributed by atoms with Gasteiger partial charge in [0.05, 0.1) is 35.5 Å². The van der Waals surface area contributed by atoms with Crippen molar-refractivity contribution in [2.24, 2.45) is 17.6 Å². The molecule has 3 aliphatic carbocycles. The molecule has 1 amide bonds. The molecule has 1 heterocycles. The molecule has 2 aromatic rings. The van der Waals surface area contributed by atoms with Gasteiger partial charge in [0.25, 0.3) is 5.91 Å². The van der Waals surface area contributed by atoms with Crippen LogP contribution < -0.4 is 5.73 Å². The van der Waals surface area contributed by atoms with E-state index in [0.717, 1.165) is 0 Å². The lowest BCUT2D eigenvalue weighted by atomic mass is 9.55. The molecular formula is C26H26N4O8. The van der Waals surface area contributed by atoms with Gasteiger partial charge < -0.3 is 31.3 Å². The maximum Gasteiger partial charge on any atom is 0.255 e. The van der Waals surface area contributed by atoms with Crippen molar-refractivity contribution in [2.75, 3.05) is 14.1 Å². The van der Waals surface area contributed by atoms with E-state index in [1.54, 1.807) is 13.0 Å². The zero-order valence-corrected chi connectivity index (χ0v) is 20.7. The van der Waals surface area contributed by atoms with Gasteiger partial charge in [0.15, 0.2) is 11.4 Å². The highest BCUT2D eigenvalue weighted by Crippen LogP contribution is 2.56. The monoisotopic (exact) mass is 522 g/mol. The second-order valence-electron chi connectivity index (χ2n) is 10.1. The van der Waals surface area contributed by atoms with Crippen LogP contribution in [0, 0.1) is 11.8 Å². The predicted molar refractivity (Wildman–Crippen MR) is 131 cm³/mol. The van der Waals surface area contributed by atoms with Gasteiger partial charge in [0.1, 0.15) is 22.8 Å². The fraction of sp³-hybridized carbons (Fsp3) is 0.346. The Labute approximate surface area is 216 Å².